The first-order valence-electron chi connectivity index (χ1n) is 4.43. The van der Waals surface area contributed by atoms with Crippen molar-refractivity contribution in [2.75, 3.05) is 12.4 Å². The van der Waals surface area contributed by atoms with Gasteiger partial charge in [0, 0.05) is 10.5 Å². The third-order valence-corrected chi connectivity index (χ3v) is 2.68. The molecule has 0 aliphatic rings. The summed E-state index contributed by atoms with van der Waals surface area (Å²) in [7, 11) is 0. The van der Waals surface area contributed by atoms with Crippen molar-refractivity contribution in [2.24, 2.45) is 5.73 Å². The van der Waals surface area contributed by atoms with Crippen molar-refractivity contribution in [1.82, 2.24) is 0 Å². The average molecular weight is 205 g/mol. The summed E-state index contributed by atoms with van der Waals surface area (Å²) in [5.74, 6) is 0.307. The zero-order valence-corrected chi connectivity index (χ0v) is 9.61. The van der Waals surface area contributed by atoms with E-state index in [0.29, 0.717) is 12.4 Å². The van der Waals surface area contributed by atoms with Gasteiger partial charge in [-0.15, -0.1) is 0 Å². The lowest BCUT2D eigenvalue weighted by molar-refractivity contribution is -0.144. The number of carbonyl (C=O) groups excluding carboxylic acids is 1. The highest BCUT2D eigenvalue weighted by Crippen LogP contribution is 2.23. The molecule has 0 aliphatic heterocycles. The number of hydrogen-bond acceptors (Lipinski definition) is 4. The van der Waals surface area contributed by atoms with Crippen LogP contribution in [0.15, 0.2) is 0 Å². The van der Waals surface area contributed by atoms with Gasteiger partial charge in [-0.1, -0.05) is 20.8 Å². The highest BCUT2D eigenvalue weighted by molar-refractivity contribution is 8.00. The monoisotopic (exact) mass is 205 g/mol. The fourth-order valence-electron chi connectivity index (χ4n) is 0.657. The quantitative estimate of drug-likeness (QED) is 0.705. The van der Waals surface area contributed by atoms with Crippen molar-refractivity contribution in [1.29, 1.82) is 0 Å². The van der Waals surface area contributed by atoms with Crippen molar-refractivity contribution in [3.63, 3.8) is 0 Å². The molecular weight excluding hydrogens is 186 g/mol. The number of rotatable bonds is 4. The molecule has 0 fully saturated rings. The van der Waals surface area contributed by atoms with Crippen LogP contribution in [0, 0.1) is 0 Å². The van der Waals surface area contributed by atoms with Crippen LogP contribution in [0.4, 0.5) is 0 Å². The zero-order chi connectivity index (χ0) is 10.5. The van der Waals surface area contributed by atoms with E-state index in [0.717, 1.165) is 0 Å². The Morgan fingerprint density at radius 2 is 2.08 bits per heavy atom. The average Bonchev–Trinajstić information content (AvgIpc) is 1.99. The Bertz CT molecular complexity index is 165. The summed E-state index contributed by atoms with van der Waals surface area (Å²) in [6, 6.07) is -0.496. The van der Waals surface area contributed by atoms with Gasteiger partial charge in [0.1, 0.15) is 6.04 Å². The Morgan fingerprint density at radius 3 is 2.46 bits per heavy atom. The molecule has 0 rings (SSSR count). The van der Waals surface area contributed by atoms with Gasteiger partial charge in [-0.2, -0.15) is 11.8 Å². The molecule has 0 aromatic rings. The van der Waals surface area contributed by atoms with Crippen molar-refractivity contribution >= 4 is 17.7 Å². The normalized spacial score (nSPS) is 13.9. The summed E-state index contributed by atoms with van der Waals surface area (Å²) in [5, 5.41) is 0. The first kappa shape index (κ1) is 12.8. The van der Waals surface area contributed by atoms with Gasteiger partial charge in [0.05, 0.1) is 6.61 Å². The van der Waals surface area contributed by atoms with Gasteiger partial charge < -0.3 is 10.5 Å². The van der Waals surface area contributed by atoms with E-state index in [9.17, 15) is 4.79 Å². The van der Waals surface area contributed by atoms with E-state index >= 15 is 0 Å². The highest BCUT2D eigenvalue weighted by atomic mass is 32.2. The Labute approximate surface area is 84.4 Å². The van der Waals surface area contributed by atoms with E-state index in [1.54, 1.807) is 18.7 Å². The molecule has 0 saturated carbocycles. The predicted molar refractivity (Wildman–Crippen MR) is 56.8 cm³/mol. The molecular formula is C9H19NO2S. The minimum Gasteiger partial charge on any atom is -0.465 e. The first-order chi connectivity index (χ1) is 5.87. The maximum Gasteiger partial charge on any atom is 0.323 e. The van der Waals surface area contributed by atoms with Crippen LogP contribution in [0.5, 0.6) is 0 Å². The predicted octanol–water partition coefficient (Wildman–Crippen LogP) is 1.41. The highest BCUT2D eigenvalue weighted by Gasteiger charge is 2.18. The Balaban J connectivity index is 3.74. The molecule has 0 aromatic carbocycles. The van der Waals surface area contributed by atoms with Gasteiger partial charge in [-0.25, -0.2) is 0 Å². The van der Waals surface area contributed by atoms with Crippen LogP contribution in [0.25, 0.3) is 0 Å². The van der Waals surface area contributed by atoms with Crippen LogP contribution in [-0.4, -0.2) is 29.1 Å². The molecule has 0 heterocycles. The lowest BCUT2D eigenvalue weighted by Gasteiger charge is -2.19. The fraction of sp³-hybridized carbons (Fsp3) is 0.889. The topological polar surface area (TPSA) is 52.3 Å². The van der Waals surface area contributed by atoms with Gasteiger partial charge in [0.15, 0.2) is 0 Å². The fourth-order valence-corrected chi connectivity index (χ4v) is 1.47. The molecule has 0 bridgehead atoms. The Morgan fingerprint density at radius 1 is 1.54 bits per heavy atom. The van der Waals surface area contributed by atoms with Crippen molar-refractivity contribution in [2.45, 2.75) is 38.5 Å². The summed E-state index contributed by atoms with van der Waals surface area (Å²) in [6.45, 7) is 8.45. The van der Waals surface area contributed by atoms with Crippen LogP contribution in [-0.2, 0) is 9.53 Å². The zero-order valence-electron chi connectivity index (χ0n) is 8.79. The maximum absolute atomic E-state index is 11.1. The number of esters is 1. The first-order valence-corrected chi connectivity index (χ1v) is 5.41. The molecule has 0 saturated heterocycles. The molecule has 0 amide bonds. The summed E-state index contributed by atoms with van der Waals surface area (Å²) < 4.78 is 4.93. The molecule has 0 aromatic heterocycles. The second-order valence-electron chi connectivity index (χ2n) is 3.78. The van der Waals surface area contributed by atoms with E-state index in [2.05, 4.69) is 20.8 Å². The number of hydrogen-bond donors (Lipinski definition) is 1. The second-order valence-corrected chi connectivity index (χ2v) is 5.63. The minimum absolute atomic E-state index is 0.143. The SMILES string of the molecule is CCOC(=O)C(N)CSC(C)(C)C. The molecule has 0 aliphatic carbocycles. The Hall–Kier alpha value is -0.220. The lowest BCUT2D eigenvalue weighted by Crippen LogP contribution is -2.35. The molecule has 0 spiro atoms. The van der Waals surface area contributed by atoms with Crippen molar-refractivity contribution in [3.05, 3.63) is 0 Å². The van der Waals surface area contributed by atoms with E-state index in [-0.39, 0.29) is 10.7 Å². The van der Waals surface area contributed by atoms with Gasteiger partial charge in [0.25, 0.3) is 0 Å². The summed E-state index contributed by atoms with van der Waals surface area (Å²) in [6.07, 6.45) is 0. The lowest BCUT2D eigenvalue weighted by atomic mass is 10.3. The van der Waals surface area contributed by atoms with Crippen LogP contribution in [0.3, 0.4) is 0 Å². The standard InChI is InChI=1S/C9H19NO2S/c1-5-12-8(11)7(10)6-13-9(2,3)4/h7H,5-6,10H2,1-4H3. The number of nitrogens with two attached hydrogens (primary N) is 1. The summed E-state index contributed by atoms with van der Waals surface area (Å²) in [5.41, 5.74) is 5.62. The largest absolute Gasteiger partial charge is 0.465 e. The third-order valence-electron chi connectivity index (χ3n) is 1.29. The summed E-state index contributed by atoms with van der Waals surface area (Å²) >= 11 is 1.67. The minimum atomic E-state index is -0.496. The summed E-state index contributed by atoms with van der Waals surface area (Å²) in [4.78, 5) is 11.1. The maximum atomic E-state index is 11.1. The number of ether oxygens (including phenoxy) is 1. The third kappa shape index (κ3) is 6.90. The van der Waals surface area contributed by atoms with E-state index in [4.69, 9.17) is 10.5 Å². The molecule has 4 heteroatoms. The molecule has 3 nitrogen and oxygen atoms in total. The van der Waals surface area contributed by atoms with E-state index in [1.165, 1.54) is 0 Å². The second kappa shape index (κ2) is 5.50. The van der Waals surface area contributed by atoms with Crippen LogP contribution in [0.2, 0.25) is 0 Å². The van der Waals surface area contributed by atoms with Gasteiger partial charge in [-0.05, 0) is 6.92 Å². The molecule has 1 unspecified atom stereocenters. The number of thioether (sulfide) groups is 1. The van der Waals surface area contributed by atoms with Crippen LogP contribution < -0.4 is 5.73 Å². The molecule has 78 valence electrons. The van der Waals surface area contributed by atoms with Crippen LogP contribution >= 0.6 is 11.8 Å². The van der Waals surface area contributed by atoms with Gasteiger partial charge >= 0.3 is 5.97 Å². The molecule has 1 atom stereocenters. The van der Waals surface area contributed by atoms with E-state index in [1.807, 2.05) is 0 Å². The van der Waals surface area contributed by atoms with E-state index < -0.39 is 6.04 Å². The van der Waals surface area contributed by atoms with Crippen LogP contribution in [0.1, 0.15) is 27.7 Å². The number of carbonyl (C=O) groups is 1. The smallest absolute Gasteiger partial charge is 0.323 e. The Kier molecular flexibility index (Phi) is 5.40. The van der Waals surface area contributed by atoms with Crippen molar-refractivity contribution in [3.8, 4) is 0 Å². The molecule has 0 radical (unpaired) electrons. The van der Waals surface area contributed by atoms with Crippen molar-refractivity contribution < 1.29 is 9.53 Å². The van der Waals surface area contributed by atoms with Gasteiger partial charge in [0.2, 0.25) is 0 Å². The molecule has 13 heavy (non-hydrogen) atoms. The molecule has 2 N–H and O–H groups in total. The van der Waals surface area contributed by atoms with Gasteiger partial charge in [-0.3, -0.25) is 4.79 Å².